The molecule has 1 N–H and O–H groups in total. The number of aryl methyl sites for hydroxylation is 1. The van der Waals surface area contributed by atoms with E-state index in [0.717, 1.165) is 10.0 Å². The number of esters is 1. The summed E-state index contributed by atoms with van der Waals surface area (Å²) in [5.41, 5.74) is 2.93. The molecule has 3 rings (SSSR count). The van der Waals surface area contributed by atoms with Gasteiger partial charge in [-0.05, 0) is 31.5 Å². The van der Waals surface area contributed by atoms with E-state index in [1.165, 1.54) is 18.9 Å². The van der Waals surface area contributed by atoms with Crippen molar-refractivity contribution in [2.75, 3.05) is 12.9 Å². The van der Waals surface area contributed by atoms with E-state index >= 15 is 0 Å². The molecule has 0 aliphatic carbocycles. The van der Waals surface area contributed by atoms with Crippen LogP contribution in [0.4, 0.5) is 0 Å². The van der Waals surface area contributed by atoms with Crippen LogP contribution in [0.1, 0.15) is 32.1 Å². The molecule has 0 unspecified atom stereocenters. The Morgan fingerprint density at radius 2 is 1.97 bits per heavy atom. The second-order valence-electron chi connectivity index (χ2n) is 6.54. The van der Waals surface area contributed by atoms with E-state index in [4.69, 9.17) is 4.74 Å². The monoisotopic (exact) mass is 488 g/mol. The fourth-order valence-corrected chi connectivity index (χ4v) is 4.23. The minimum Gasteiger partial charge on any atom is -0.465 e. The second-order valence-corrected chi connectivity index (χ2v) is 8.40. The Kier molecular flexibility index (Phi) is 6.94. The van der Waals surface area contributed by atoms with E-state index in [2.05, 4.69) is 37.7 Å². The van der Waals surface area contributed by atoms with Crippen LogP contribution in [0.5, 0.6) is 0 Å². The van der Waals surface area contributed by atoms with Crippen molar-refractivity contribution in [2.45, 2.75) is 25.5 Å². The molecule has 0 aliphatic heterocycles. The van der Waals surface area contributed by atoms with Crippen LogP contribution in [0, 0.1) is 13.8 Å². The third-order valence-corrected chi connectivity index (χ3v) is 6.06. The van der Waals surface area contributed by atoms with Gasteiger partial charge in [-0.2, -0.15) is 0 Å². The van der Waals surface area contributed by atoms with Crippen LogP contribution >= 0.6 is 27.7 Å². The van der Waals surface area contributed by atoms with E-state index in [9.17, 15) is 9.59 Å². The number of ether oxygens (including phenoxy) is 1. The lowest BCUT2D eigenvalue weighted by Gasteiger charge is -2.08. The van der Waals surface area contributed by atoms with E-state index in [-0.39, 0.29) is 11.5 Å². The van der Waals surface area contributed by atoms with E-state index in [1.54, 1.807) is 19.9 Å². The van der Waals surface area contributed by atoms with E-state index in [1.807, 2.05) is 28.8 Å². The quantitative estimate of drug-likeness (QED) is 0.215. The molecule has 0 spiro atoms. The number of halogens is 1. The number of benzene rings is 1. The van der Waals surface area contributed by atoms with Gasteiger partial charge in [0, 0.05) is 22.3 Å². The third-order valence-electron chi connectivity index (χ3n) is 4.57. The van der Waals surface area contributed by atoms with Gasteiger partial charge in [0.1, 0.15) is 0 Å². The smallest absolute Gasteiger partial charge is 0.339 e. The molecule has 2 aromatic heterocycles. The van der Waals surface area contributed by atoms with Crippen molar-refractivity contribution in [1.29, 1.82) is 0 Å². The van der Waals surface area contributed by atoms with Crippen LogP contribution in [0.15, 0.2) is 46.5 Å². The molecule has 0 atom stereocenters. The van der Waals surface area contributed by atoms with Crippen molar-refractivity contribution in [3.8, 4) is 11.4 Å². The number of Topliss-reactive ketones (excluding diaryl/α,β-unsaturated/α-hetero) is 1. The molecule has 2 heterocycles. The maximum Gasteiger partial charge on any atom is 0.339 e. The summed E-state index contributed by atoms with van der Waals surface area (Å²) in [4.78, 5) is 27.8. The van der Waals surface area contributed by atoms with Gasteiger partial charge < -0.3 is 9.72 Å². The summed E-state index contributed by atoms with van der Waals surface area (Å²) >= 11 is 4.72. The first-order chi connectivity index (χ1) is 14.4. The van der Waals surface area contributed by atoms with Gasteiger partial charge in [-0.3, -0.25) is 9.36 Å². The van der Waals surface area contributed by atoms with Crippen molar-refractivity contribution in [2.24, 2.45) is 0 Å². The fraction of sp³-hybridized carbons (Fsp3) is 0.238. The van der Waals surface area contributed by atoms with Crippen molar-refractivity contribution in [3.05, 3.63) is 63.9 Å². The third kappa shape index (κ3) is 4.41. The normalized spacial score (nSPS) is 10.8. The standard InChI is InChI=1S/C21H21BrN4O3S/c1-5-10-26-19(14-6-8-15(22)9-7-14)24-25-21(26)30-11-16(27)18-12(2)17(13(3)23-18)20(28)29-4/h5-9,23H,1,10-11H2,2-4H3. The van der Waals surface area contributed by atoms with Crippen LogP contribution in [0.25, 0.3) is 11.4 Å². The van der Waals surface area contributed by atoms with Crippen molar-refractivity contribution in [3.63, 3.8) is 0 Å². The molecule has 3 aromatic rings. The topological polar surface area (TPSA) is 89.9 Å². The van der Waals surface area contributed by atoms with Gasteiger partial charge in [0.05, 0.1) is 24.1 Å². The maximum absolute atomic E-state index is 12.8. The first-order valence-electron chi connectivity index (χ1n) is 9.10. The minimum atomic E-state index is -0.460. The highest BCUT2D eigenvalue weighted by molar-refractivity contribution is 9.10. The Hall–Kier alpha value is -2.65. The number of aromatic amines is 1. The highest BCUT2D eigenvalue weighted by Crippen LogP contribution is 2.27. The zero-order valence-electron chi connectivity index (χ0n) is 16.9. The Balaban J connectivity index is 1.82. The van der Waals surface area contributed by atoms with Gasteiger partial charge in [-0.15, -0.1) is 16.8 Å². The highest BCUT2D eigenvalue weighted by Gasteiger charge is 2.23. The van der Waals surface area contributed by atoms with Crippen molar-refractivity contribution < 1.29 is 14.3 Å². The van der Waals surface area contributed by atoms with E-state index in [0.29, 0.717) is 40.0 Å². The lowest BCUT2D eigenvalue weighted by molar-refractivity contribution is 0.0599. The number of hydrogen-bond acceptors (Lipinski definition) is 6. The van der Waals surface area contributed by atoms with Gasteiger partial charge >= 0.3 is 5.97 Å². The Morgan fingerprint density at radius 1 is 1.27 bits per heavy atom. The fourth-order valence-electron chi connectivity index (χ4n) is 3.14. The summed E-state index contributed by atoms with van der Waals surface area (Å²) < 4.78 is 7.70. The molecular formula is C21H21BrN4O3S. The number of rotatable bonds is 8. The number of allylic oxidation sites excluding steroid dienone is 1. The maximum atomic E-state index is 12.8. The molecule has 0 aliphatic rings. The molecular weight excluding hydrogens is 468 g/mol. The van der Waals surface area contributed by atoms with Gasteiger partial charge in [-0.25, -0.2) is 4.79 Å². The predicted molar refractivity (Wildman–Crippen MR) is 120 cm³/mol. The number of methoxy groups -OCH3 is 1. The number of H-pyrrole nitrogens is 1. The number of nitrogens with one attached hydrogen (secondary N) is 1. The average Bonchev–Trinajstić information content (AvgIpc) is 3.26. The Bertz CT molecular complexity index is 1100. The Labute approximate surface area is 187 Å². The zero-order chi connectivity index (χ0) is 21.8. The first-order valence-corrected chi connectivity index (χ1v) is 10.9. The number of nitrogens with zero attached hydrogens (tertiary/aromatic N) is 3. The van der Waals surface area contributed by atoms with Gasteiger partial charge in [0.2, 0.25) is 0 Å². The van der Waals surface area contributed by atoms with Crippen molar-refractivity contribution >= 4 is 39.4 Å². The second kappa shape index (κ2) is 9.44. The average molecular weight is 489 g/mol. The van der Waals surface area contributed by atoms with Crippen LogP contribution in [-0.4, -0.2) is 44.4 Å². The lowest BCUT2D eigenvalue weighted by atomic mass is 10.1. The van der Waals surface area contributed by atoms with Crippen LogP contribution in [0.2, 0.25) is 0 Å². The molecule has 0 saturated heterocycles. The van der Waals surface area contributed by atoms with Crippen molar-refractivity contribution in [1.82, 2.24) is 19.7 Å². The molecule has 0 radical (unpaired) electrons. The molecule has 0 fully saturated rings. The summed E-state index contributed by atoms with van der Waals surface area (Å²) in [7, 11) is 1.32. The van der Waals surface area contributed by atoms with Gasteiger partial charge in [-0.1, -0.05) is 45.9 Å². The molecule has 7 nitrogen and oxygen atoms in total. The summed E-state index contributed by atoms with van der Waals surface area (Å²) in [5, 5.41) is 9.19. The molecule has 9 heteroatoms. The lowest BCUT2D eigenvalue weighted by Crippen LogP contribution is -2.08. The number of carbonyl (C=O) groups excluding carboxylic acids is 2. The highest BCUT2D eigenvalue weighted by atomic mass is 79.9. The number of carbonyl (C=O) groups is 2. The predicted octanol–water partition coefficient (Wildman–Crippen LogP) is 4.60. The van der Waals surface area contributed by atoms with Gasteiger partial charge in [0.25, 0.3) is 0 Å². The summed E-state index contributed by atoms with van der Waals surface area (Å²) in [6, 6.07) is 7.78. The number of aromatic nitrogens is 4. The molecule has 156 valence electrons. The molecule has 0 amide bonds. The molecule has 1 aromatic carbocycles. The molecule has 30 heavy (non-hydrogen) atoms. The van der Waals surface area contributed by atoms with Crippen LogP contribution in [0.3, 0.4) is 0 Å². The van der Waals surface area contributed by atoms with Crippen LogP contribution < -0.4 is 0 Å². The zero-order valence-corrected chi connectivity index (χ0v) is 19.3. The number of thioether (sulfide) groups is 1. The van der Waals surface area contributed by atoms with Gasteiger partial charge in [0.15, 0.2) is 16.8 Å². The largest absolute Gasteiger partial charge is 0.465 e. The number of ketones is 1. The Morgan fingerprint density at radius 3 is 2.60 bits per heavy atom. The van der Waals surface area contributed by atoms with Crippen LogP contribution in [-0.2, 0) is 11.3 Å². The molecule has 0 saturated carbocycles. The number of hydrogen-bond donors (Lipinski definition) is 1. The first kappa shape index (κ1) is 22.0. The summed E-state index contributed by atoms with van der Waals surface area (Å²) in [5.74, 6) is 0.265. The minimum absolute atomic E-state index is 0.130. The summed E-state index contributed by atoms with van der Waals surface area (Å²) in [6.07, 6.45) is 1.76. The summed E-state index contributed by atoms with van der Waals surface area (Å²) in [6.45, 7) is 7.80. The SMILES string of the molecule is C=CCn1c(SCC(=O)c2[nH]c(C)c(C(=O)OC)c2C)nnc1-c1ccc(Br)cc1. The van der Waals surface area contributed by atoms with E-state index < -0.39 is 5.97 Å². The molecule has 0 bridgehead atoms.